The van der Waals surface area contributed by atoms with Gasteiger partial charge in [0, 0.05) is 18.2 Å². The standard InChI is InChI=1S/C12H14O5/c1-5-11(13)17-12-9(15-3)6-8(14-2)7-10(12)16-4/h5-7H,1H2,2-4H3. The summed E-state index contributed by atoms with van der Waals surface area (Å²) in [5.41, 5.74) is 0. The van der Waals surface area contributed by atoms with Crippen molar-refractivity contribution >= 4 is 5.97 Å². The predicted octanol–water partition coefficient (Wildman–Crippen LogP) is 1.80. The van der Waals surface area contributed by atoms with Crippen molar-refractivity contribution in [1.29, 1.82) is 0 Å². The first-order valence-corrected chi connectivity index (χ1v) is 4.80. The van der Waals surface area contributed by atoms with Crippen molar-refractivity contribution in [3.63, 3.8) is 0 Å². The van der Waals surface area contributed by atoms with E-state index >= 15 is 0 Å². The lowest BCUT2D eigenvalue weighted by atomic mass is 10.2. The van der Waals surface area contributed by atoms with Crippen LogP contribution in [0.4, 0.5) is 0 Å². The largest absolute Gasteiger partial charge is 0.496 e. The molecule has 0 spiro atoms. The molecule has 0 atom stereocenters. The summed E-state index contributed by atoms with van der Waals surface area (Å²) in [5.74, 6) is 0.831. The van der Waals surface area contributed by atoms with Gasteiger partial charge in [0.15, 0.2) is 11.5 Å². The average molecular weight is 238 g/mol. The Morgan fingerprint density at radius 3 is 2.00 bits per heavy atom. The molecule has 0 aromatic heterocycles. The summed E-state index contributed by atoms with van der Waals surface area (Å²) >= 11 is 0. The van der Waals surface area contributed by atoms with Gasteiger partial charge in [-0.25, -0.2) is 4.79 Å². The first-order valence-electron chi connectivity index (χ1n) is 4.80. The molecule has 0 bridgehead atoms. The van der Waals surface area contributed by atoms with Crippen LogP contribution in [0.2, 0.25) is 0 Å². The van der Waals surface area contributed by atoms with E-state index in [4.69, 9.17) is 18.9 Å². The summed E-state index contributed by atoms with van der Waals surface area (Å²) in [7, 11) is 4.43. The van der Waals surface area contributed by atoms with E-state index in [1.807, 2.05) is 0 Å². The third-order valence-corrected chi connectivity index (χ3v) is 2.04. The molecule has 0 amide bonds. The Morgan fingerprint density at radius 2 is 1.65 bits per heavy atom. The van der Waals surface area contributed by atoms with E-state index in [-0.39, 0.29) is 5.75 Å². The second kappa shape index (κ2) is 5.79. The summed E-state index contributed by atoms with van der Waals surface area (Å²) in [6, 6.07) is 3.18. The van der Waals surface area contributed by atoms with Crippen LogP contribution in [0.5, 0.6) is 23.0 Å². The maximum absolute atomic E-state index is 11.2. The number of rotatable bonds is 5. The van der Waals surface area contributed by atoms with Gasteiger partial charge in [0.05, 0.1) is 21.3 Å². The van der Waals surface area contributed by atoms with E-state index in [1.165, 1.54) is 21.3 Å². The summed E-state index contributed by atoms with van der Waals surface area (Å²) in [6.07, 6.45) is 1.06. The Hall–Kier alpha value is -2.17. The molecule has 0 heterocycles. The molecule has 5 nitrogen and oxygen atoms in total. The van der Waals surface area contributed by atoms with Crippen LogP contribution in [0.25, 0.3) is 0 Å². The zero-order valence-electron chi connectivity index (χ0n) is 9.98. The van der Waals surface area contributed by atoms with Gasteiger partial charge in [-0.2, -0.15) is 0 Å². The van der Waals surface area contributed by atoms with Crippen molar-refractivity contribution in [2.24, 2.45) is 0 Å². The van der Waals surface area contributed by atoms with Gasteiger partial charge in [0.2, 0.25) is 5.75 Å². The second-order valence-electron chi connectivity index (χ2n) is 2.99. The molecule has 0 saturated carbocycles. The maximum atomic E-state index is 11.2. The molecule has 17 heavy (non-hydrogen) atoms. The topological polar surface area (TPSA) is 54.0 Å². The number of hydrogen-bond acceptors (Lipinski definition) is 5. The van der Waals surface area contributed by atoms with Gasteiger partial charge >= 0.3 is 5.97 Å². The molecular formula is C12H14O5. The second-order valence-corrected chi connectivity index (χ2v) is 2.99. The fourth-order valence-corrected chi connectivity index (χ4v) is 1.22. The minimum Gasteiger partial charge on any atom is -0.496 e. The number of carbonyl (C=O) groups excluding carboxylic acids is 1. The Bertz CT molecular complexity index is 400. The van der Waals surface area contributed by atoms with Crippen LogP contribution in [0.3, 0.4) is 0 Å². The molecule has 0 saturated heterocycles. The Kier molecular flexibility index (Phi) is 4.39. The van der Waals surface area contributed by atoms with E-state index in [0.717, 1.165) is 6.08 Å². The minimum atomic E-state index is -0.591. The minimum absolute atomic E-state index is 0.195. The summed E-state index contributed by atoms with van der Waals surface area (Å²) in [5, 5.41) is 0. The predicted molar refractivity (Wildman–Crippen MR) is 61.9 cm³/mol. The van der Waals surface area contributed by atoms with Crippen molar-refractivity contribution in [2.75, 3.05) is 21.3 Å². The molecule has 1 aromatic carbocycles. The number of carbonyl (C=O) groups is 1. The highest BCUT2D eigenvalue weighted by atomic mass is 16.6. The Labute approximate surface area is 99.5 Å². The maximum Gasteiger partial charge on any atom is 0.335 e. The Morgan fingerprint density at radius 1 is 1.12 bits per heavy atom. The van der Waals surface area contributed by atoms with E-state index in [9.17, 15) is 4.79 Å². The van der Waals surface area contributed by atoms with Crippen molar-refractivity contribution in [1.82, 2.24) is 0 Å². The van der Waals surface area contributed by atoms with Crippen molar-refractivity contribution in [3.8, 4) is 23.0 Å². The van der Waals surface area contributed by atoms with Crippen LogP contribution < -0.4 is 18.9 Å². The molecule has 1 aromatic rings. The summed E-state index contributed by atoms with van der Waals surface area (Å²) in [6.45, 7) is 3.32. The lowest BCUT2D eigenvalue weighted by molar-refractivity contribution is -0.129. The number of esters is 1. The number of ether oxygens (including phenoxy) is 4. The third kappa shape index (κ3) is 2.90. The number of hydrogen-bond donors (Lipinski definition) is 0. The highest BCUT2D eigenvalue weighted by molar-refractivity contribution is 5.84. The number of methoxy groups -OCH3 is 3. The van der Waals surface area contributed by atoms with Gasteiger partial charge in [-0.1, -0.05) is 6.58 Å². The third-order valence-electron chi connectivity index (χ3n) is 2.04. The van der Waals surface area contributed by atoms with E-state index < -0.39 is 5.97 Å². The monoisotopic (exact) mass is 238 g/mol. The molecule has 1 rings (SSSR count). The first-order chi connectivity index (χ1) is 8.15. The fraction of sp³-hybridized carbons (Fsp3) is 0.250. The normalized spacial score (nSPS) is 9.35. The summed E-state index contributed by atoms with van der Waals surface area (Å²) < 4.78 is 20.3. The average Bonchev–Trinajstić information content (AvgIpc) is 2.38. The molecule has 0 N–H and O–H groups in total. The SMILES string of the molecule is C=CC(=O)Oc1c(OC)cc(OC)cc1OC. The van der Waals surface area contributed by atoms with Crippen molar-refractivity contribution < 1.29 is 23.7 Å². The molecular weight excluding hydrogens is 224 g/mol. The van der Waals surface area contributed by atoms with Gasteiger partial charge in [0.25, 0.3) is 0 Å². The lowest BCUT2D eigenvalue weighted by Gasteiger charge is -2.13. The molecule has 0 fully saturated rings. The van der Waals surface area contributed by atoms with E-state index in [1.54, 1.807) is 12.1 Å². The zero-order valence-corrected chi connectivity index (χ0v) is 9.98. The fourth-order valence-electron chi connectivity index (χ4n) is 1.22. The van der Waals surface area contributed by atoms with Crippen LogP contribution >= 0.6 is 0 Å². The molecule has 0 aliphatic rings. The van der Waals surface area contributed by atoms with Gasteiger partial charge in [-0.3, -0.25) is 0 Å². The Balaban J connectivity index is 3.23. The molecule has 0 aliphatic carbocycles. The molecule has 92 valence electrons. The molecule has 0 unspecified atom stereocenters. The highest BCUT2D eigenvalue weighted by Gasteiger charge is 2.16. The van der Waals surface area contributed by atoms with Crippen LogP contribution in [0.1, 0.15) is 0 Å². The molecule has 0 aliphatic heterocycles. The van der Waals surface area contributed by atoms with Gasteiger partial charge < -0.3 is 18.9 Å². The van der Waals surface area contributed by atoms with Gasteiger partial charge in [-0.15, -0.1) is 0 Å². The van der Waals surface area contributed by atoms with E-state index in [2.05, 4.69) is 6.58 Å². The molecule has 0 radical (unpaired) electrons. The molecule has 5 heteroatoms. The van der Waals surface area contributed by atoms with Gasteiger partial charge in [0.1, 0.15) is 5.75 Å². The number of benzene rings is 1. The van der Waals surface area contributed by atoms with E-state index in [0.29, 0.717) is 17.2 Å². The first kappa shape index (κ1) is 12.9. The smallest absolute Gasteiger partial charge is 0.335 e. The summed E-state index contributed by atoms with van der Waals surface area (Å²) in [4.78, 5) is 11.2. The van der Waals surface area contributed by atoms with Crippen molar-refractivity contribution in [2.45, 2.75) is 0 Å². The zero-order chi connectivity index (χ0) is 12.8. The van der Waals surface area contributed by atoms with Crippen molar-refractivity contribution in [3.05, 3.63) is 24.8 Å². The van der Waals surface area contributed by atoms with Crippen LogP contribution in [0.15, 0.2) is 24.8 Å². The quantitative estimate of drug-likeness (QED) is 0.445. The van der Waals surface area contributed by atoms with Crippen LogP contribution in [-0.2, 0) is 4.79 Å². The van der Waals surface area contributed by atoms with Crippen LogP contribution in [0, 0.1) is 0 Å². The highest BCUT2D eigenvalue weighted by Crippen LogP contribution is 2.41. The van der Waals surface area contributed by atoms with Crippen LogP contribution in [-0.4, -0.2) is 27.3 Å². The van der Waals surface area contributed by atoms with Gasteiger partial charge in [-0.05, 0) is 0 Å². The lowest BCUT2D eigenvalue weighted by Crippen LogP contribution is -2.06.